The summed E-state index contributed by atoms with van der Waals surface area (Å²) >= 11 is 4.81. The zero-order valence-electron chi connectivity index (χ0n) is 6.29. The lowest BCUT2D eigenvalue weighted by Gasteiger charge is -2.14. The normalized spacial score (nSPS) is 32.2. The van der Waals surface area contributed by atoms with Gasteiger partial charge in [0.1, 0.15) is 6.10 Å². The summed E-state index contributed by atoms with van der Waals surface area (Å²) in [6.07, 6.45) is 1.37. The van der Waals surface area contributed by atoms with Crippen molar-refractivity contribution in [2.75, 3.05) is 6.61 Å². The maximum atomic E-state index is 5.33. The Labute approximate surface area is 66.5 Å². The molecule has 0 N–H and O–H groups in total. The molecule has 0 amide bonds. The molecule has 10 heavy (non-hydrogen) atoms. The van der Waals surface area contributed by atoms with Crippen LogP contribution in [0.5, 0.6) is 0 Å². The van der Waals surface area contributed by atoms with Gasteiger partial charge in [0.15, 0.2) is 5.05 Å². The van der Waals surface area contributed by atoms with Crippen LogP contribution in [0, 0.1) is 0 Å². The van der Waals surface area contributed by atoms with Crippen LogP contribution >= 0.6 is 12.2 Å². The minimum atomic E-state index is 0.192. The highest BCUT2D eigenvalue weighted by atomic mass is 32.1. The summed E-state index contributed by atoms with van der Waals surface area (Å²) in [5, 5.41) is 0.613. The molecule has 1 saturated heterocycles. The molecular formula is C7H12O2S. The monoisotopic (exact) mass is 160 g/mol. The lowest BCUT2D eigenvalue weighted by molar-refractivity contribution is 0.0633. The second kappa shape index (κ2) is 3.30. The Bertz CT molecular complexity index is 136. The highest BCUT2D eigenvalue weighted by molar-refractivity contribution is 7.80. The van der Waals surface area contributed by atoms with Crippen LogP contribution in [0.4, 0.5) is 0 Å². The molecule has 1 aliphatic heterocycles. The van der Waals surface area contributed by atoms with Crippen molar-refractivity contribution < 1.29 is 9.47 Å². The summed E-state index contributed by atoms with van der Waals surface area (Å²) in [5.41, 5.74) is 0. The zero-order valence-corrected chi connectivity index (χ0v) is 7.11. The van der Waals surface area contributed by atoms with Crippen molar-refractivity contribution in [3.05, 3.63) is 0 Å². The number of ether oxygens (including phenoxy) is 2. The average molecular weight is 160 g/mol. The van der Waals surface area contributed by atoms with Gasteiger partial charge in [0, 0.05) is 13.3 Å². The fourth-order valence-corrected chi connectivity index (χ4v) is 1.20. The van der Waals surface area contributed by atoms with E-state index in [1.807, 2.05) is 6.92 Å². The Morgan fingerprint density at radius 3 is 2.80 bits per heavy atom. The molecule has 0 aromatic heterocycles. The van der Waals surface area contributed by atoms with Crippen LogP contribution in [-0.4, -0.2) is 23.9 Å². The number of thiocarbonyl (C=S) groups is 1. The fraction of sp³-hybridized carbons (Fsp3) is 0.857. The molecule has 1 fully saturated rings. The third-order valence-corrected chi connectivity index (χ3v) is 1.72. The maximum absolute atomic E-state index is 5.33. The molecule has 0 saturated carbocycles. The first-order valence-corrected chi connectivity index (χ1v) is 3.90. The zero-order chi connectivity index (χ0) is 7.56. The van der Waals surface area contributed by atoms with Crippen LogP contribution < -0.4 is 0 Å². The average Bonchev–Trinajstić information content (AvgIpc) is 2.15. The number of rotatable bonds is 1. The van der Waals surface area contributed by atoms with Crippen LogP contribution in [0.25, 0.3) is 0 Å². The van der Waals surface area contributed by atoms with Gasteiger partial charge < -0.3 is 9.47 Å². The molecule has 0 aromatic rings. The molecule has 2 nitrogen and oxygen atoms in total. The Hall–Kier alpha value is -0.150. The third-order valence-electron chi connectivity index (χ3n) is 1.62. The summed E-state index contributed by atoms with van der Waals surface area (Å²) < 4.78 is 10.6. The van der Waals surface area contributed by atoms with E-state index in [0.29, 0.717) is 5.05 Å². The molecule has 0 aliphatic carbocycles. The molecule has 3 heteroatoms. The topological polar surface area (TPSA) is 18.5 Å². The van der Waals surface area contributed by atoms with E-state index >= 15 is 0 Å². The van der Waals surface area contributed by atoms with Crippen LogP contribution in [-0.2, 0) is 9.47 Å². The molecule has 0 aromatic carbocycles. The van der Waals surface area contributed by atoms with E-state index in [1.54, 1.807) is 6.92 Å². The fourth-order valence-electron chi connectivity index (χ4n) is 1.08. The minimum absolute atomic E-state index is 0.192. The van der Waals surface area contributed by atoms with E-state index in [-0.39, 0.29) is 12.2 Å². The quantitative estimate of drug-likeness (QED) is 0.542. The van der Waals surface area contributed by atoms with Gasteiger partial charge in [-0.25, -0.2) is 0 Å². The van der Waals surface area contributed by atoms with Gasteiger partial charge in [-0.05, 0) is 19.1 Å². The summed E-state index contributed by atoms with van der Waals surface area (Å²) in [5.74, 6) is 0. The smallest absolute Gasteiger partial charge is 0.157 e. The van der Waals surface area contributed by atoms with Gasteiger partial charge in [0.2, 0.25) is 0 Å². The molecule has 2 atom stereocenters. The van der Waals surface area contributed by atoms with E-state index < -0.39 is 0 Å². The van der Waals surface area contributed by atoms with E-state index in [4.69, 9.17) is 21.7 Å². The van der Waals surface area contributed by atoms with Crippen molar-refractivity contribution in [1.29, 1.82) is 0 Å². The van der Waals surface area contributed by atoms with Crippen LogP contribution in [0.15, 0.2) is 0 Å². The number of hydrogen-bond acceptors (Lipinski definition) is 3. The summed E-state index contributed by atoms with van der Waals surface area (Å²) in [7, 11) is 0. The van der Waals surface area contributed by atoms with Crippen LogP contribution in [0.2, 0.25) is 0 Å². The Balaban J connectivity index is 2.33. The molecule has 0 bridgehead atoms. The van der Waals surface area contributed by atoms with Gasteiger partial charge in [0.25, 0.3) is 0 Å². The molecule has 0 radical (unpaired) electrons. The largest absolute Gasteiger partial charge is 0.481 e. The van der Waals surface area contributed by atoms with Gasteiger partial charge in [-0.1, -0.05) is 0 Å². The van der Waals surface area contributed by atoms with Crippen molar-refractivity contribution in [2.24, 2.45) is 0 Å². The predicted molar refractivity (Wildman–Crippen MR) is 43.2 cm³/mol. The Kier molecular flexibility index (Phi) is 2.63. The molecule has 0 unspecified atom stereocenters. The second-order valence-corrected chi connectivity index (χ2v) is 3.09. The molecule has 1 rings (SSSR count). The second-order valence-electron chi connectivity index (χ2n) is 2.51. The predicted octanol–water partition coefficient (Wildman–Crippen LogP) is 1.53. The van der Waals surface area contributed by atoms with Crippen molar-refractivity contribution in [2.45, 2.75) is 32.5 Å². The lowest BCUT2D eigenvalue weighted by Crippen LogP contribution is -2.22. The van der Waals surface area contributed by atoms with E-state index in [0.717, 1.165) is 13.0 Å². The first-order valence-electron chi connectivity index (χ1n) is 3.49. The summed E-state index contributed by atoms with van der Waals surface area (Å²) in [6, 6.07) is 0. The van der Waals surface area contributed by atoms with Gasteiger partial charge in [0.05, 0.1) is 12.7 Å². The van der Waals surface area contributed by atoms with Gasteiger partial charge in [-0.3, -0.25) is 0 Å². The first kappa shape index (κ1) is 7.95. The van der Waals surface area contributed by atoms with Crippen LogP contribution in [0.3, 0.4) is 0 Å². The van der Waals surface area contributed by atoms with E-state index in [9.17, 15) is 0 Å². The standard InChI is InChI=1S/C7H12O2S/c1-5-7(3-4-8-5)9-6(2)10/h5,7H,3-4H2,1-2H3/t5-,7+/m0/s1. The van der Waals surface area contributed by atoms with E-state index in [1.165, 1.54) is 0 Å². The van der Waals surface area contributed by atoms with Crippen molar-refractivity contribution in [3.63, 3.8) is 0 Å². The van der Waals surface area contributed by atoms with Gasteiger partial charge >= 0.3 is 0 Å². The van der Waals surface area contributed by atoms with E-state index in [2.05, 4.69) is 0 Å². The van der Waals surface area contributed by atoms with Crippen LogP contribution in [0.1, 0.15) is 20.3 Å². The third kappa shape index (κ3) is 1.92. The van der Waals surface area contributed by atoms with Crippen molar-refractivity contribution in [1.82, 2.24) is 0 Å². The highest BCUT2D eigenvalue weighted by Gasteiger charge is 2.25. The van der Waals surface area contributed by atoms with Crippen molar-refractivity contribution >= 4 is 17.3 Å². The summed E-state index contributed by atoms with van der Waals surface area (Å²) in [6.45, 7) is 4.60. The number of hydrogen-bond donors (Lipinski definition) is 0. The van der Waals surface area contributed by atoms with Gasteiger partial charge in [-0.15, -0.1) is 0 Å². The molecule has 1 heterocycles. The van der Waals surface area contributed by atoms with Gasteiger partial charge in [-0.2, -0.15) is 0 Å². The molecule has 0 spiro atoms. The van der Waals surface area contributed by atoms with Crippen molar-refractivity contribution in [3.8, 4) is 0 Å². The highest BCUT2D eigenvalue weighted by Crippen LogP contribution is 2.16. The SMILES string of the molecule is CC(=S)O[C@@H]1CCO[C@H]1C. The first-order chi connectivity index (χ1) is 4.70. The Morgan fingerprint density at radius 2 is 2.40 bits per heavy atom. The molecule has 1 aliphatic rings. The molecular weight excluding hydrogens is 148 g/mol. The minimum Gasteiger partial charge on any atom is -0.481 e. The molecule has 58 valence electrons. The Morgan fingerprint density at radius 1 is 1.70 bits per heavy atom. The lowest BCUT2D eigenvalue weighted by atomic mass is 10.2. The summed E-state index contributed by atoms with van der Waals surface area (Å²) in [4.78, 5) is 0. The maximum Gasteiger partial charge on any atom is 0.157 e.